The SMILES string of the molecule is COC(=O)[C@]1(O)C(=O)c2ccccc2O[C@@]12CCCCO2. The quantitative estimate of drug-likeness (QED) is 0.615. The van der Waals surface area contributed by atoms with E-state index < -0.39 is 23.1 Å². The molecule has 3 rings (SSSR count). The van der Waals surface area contributed by atoms with Crippen molar-refractivity contribution in [2.45, 2.75) is 30.7 Å². The maximum Gasteiger partial charge on any atom is 0.353 e. The van der Waals surface area contributed by atoms with Gasteiger partial charge >= 0.3 is 5.97 Å². The lowest BCUT2D eigenvalue weighted by atomic mass is 9.78. The summed E-state index contributed by atoms with van der Waals surface area (Å²) >= 11 is 0. The summed E-state index contributed by atoms with van der Waals surface area (Å²) in [6.45, 7) is 0.300. The van der Waals surface area contributed by atoms with Crippen LogP contribution in [0.1, 0.15) is 29.6 Å². The fraction of sp³-hybridized carbons (Fsp3) is 0.467. The second-order valence-electron chi connectivity index (χ2n) is 5.19. The number of fused-ring (bicyclic) bond motifs is 1. The summed E-state index contributed by atoms with van der Waals surface area (Å²) in [6.07, 6.45) is 1.69. The van der Waals surface area contributed by atoms with Crippen LogP contribution in [0.2, 0.25) is 0 Å². The summed E-state index contributed by atoms with van der Waals surface area (Å²) in [6, 6.07) is 6.47. The Hall–Kier alpha value is -1.92. The number of para-hydroxylation sites is 1. The minimum atomic E-state index is -2.49. The Balaban J connectivity index is 2.18. The number of rotatable bonds is 1. The highest BCUT2D eigenvalue weighted by molar-refractivity contribution is 6.18. The summed E-state index contributed by atoms with van der Waals surface area (Å²) < 4.78 is 16.0. The molecule has 1 saturated heterocycles. The number of aliphatic hydroxyl groups is 1. The van der Waals surface area contributed by atoms with Crippen molar-refractivity contribution in [2.24, 2.45) is 0 Å². The van der Waals surface area contributed by atoms with E-state index >= 15 is 0 Å². The average Bonchev–Trinajstić information content (AvgIpc) is 2.53. The number of Topliss-reactive ketones (excluding diaryl/α,β-unsaturated/α-hetero) is 1. The summed E-state index contributed by atoms with van der Waals surface area (Å²) in [7, 11) is 1.12. The van der Waals surface area contributed by atoms with Crippen LogP contribution < -0.4 is 4.74 Å². The van der Waals surface area contributed by atoms with Crippen molar-refractivity contribution in [1.29, 1.82) is 0 Å². The largest absolute Gasteiger partial charge is 0.466 e. The molecule has 1 aromatic rings. The average molecular weight is 292 g/mol. The Morgan fingerprint density at radius 1 is 1.33 bits per heavy atom. The Morgan fingerprint density at radius 2 is 2.10 bits per heavy atom. The highest BCUT2D eigenvalue weighted by Gasteiger charge is 2.68. The van der Waals surface area contributed by atoms with Crippen LogP contribution >= 0.6 is 0 Å². The number of ketones is 1. The highest BCUT2D eigenvalue weighted by Crippen LogP contribution is 2.45. The minimum Gasteiger partial charge on any atom is -0.466 e. The van der Waals surface area contributed by atoms with Gasteiger partial charge in [0, 0.05) is 6.42 Å². The van der Waals surface area contributed by atoms with Crippen molar-refractivity contribution < 1.29 is 28.9 Å². The Kier molecular flexibility index (Phi) is 3.22. The number of esters is 1. The molecule has 0 aliphatic carbocycles. The first-order chi connectivity index (χ1) is 10.0. The topological polar surface area (TPSA) is 82.1 Å². The highest BCUT2D eigenvalue weighted by atomic mass is 16.7. The van der Waals surface area contributed by atoms with Gasteiger partial charge in [0.15, 0.2) is 0 Å². The second-order valence-corrected chi connectivity index (χ2v) is 5.19. The zero-order valence-corrected chi connectivity index (χ0v) is 11.6. The van der Waals surface area contributed by atoms with Gasteiger partial charge in [-0.15, -0.1) is 0 Å². The van der Waals surface area contributed by atoms with Crippen LogP contribution in [0.25, 0.3) is 0 Å². The molecule has 0 bridgehead atoms. The lowest BCUT2D eigenvalue weighted by Gasteiger charge is -2.48. The molecule has 0 aromatic heterocycles. The summed E-state index contributed by atoms with van der Waals surface area (Å²) in [4.78, 5) is 24.8. The zero-order chi connectivity index (χ0) is 15.1. The first-order valence-electron chi connectivity index (χ1n) is 6.83. The van der Waals surface area contributed by atoms with Gasteiger partial charge in [0.2, 0.25) is 5.78 Å². The molecule has 2 atom stereocenters. The lowest BCUT2D eigenvalue weighted by molar-refractivity contribution is -0.282. The maximum absolute atomic E-state index is 12.7. The minimum absolute atomic E-state index is 0.144. The molecule has 1 spiro atoms. The Morgan fingerprint density at radius 3 is 2.76 bits per heavy atom. The summed E-state index contributed by atoms with van der Waals surface area (Å²) in [5, 5.41) is 10.9. The molecule has 2 heterocycles. The smallest absolute Gasteiger partial charge is 0.353 e. The van der Waals surface area contributed by atoms with Gasteiger partial charge in [-0.3, -0.25) is 4.79 Å². The van der Waals surface area contributed by atoms with Gasteiger partial charge in [-0.1, -0.05) is 12.1 Å². The molecular formula is C15H16O6. The third kappa shape index (κ3) is 1.79. The van der Waals surface area contributed by atoms with Crippen LogP contribution in [0, 0.1) is 0 Å². The van der Waals surface area contributed by atoms with Crippen LogP contribution in [0.15, 0.2) is 24.3 Å². The monoisotopic (exact) mass is 292 g/mol. The van der Waals surface area contributed by atoms with Gasteiger partial charge in [-0.05, 0) is 25.0 Å². The molecule has 2 aliphatic heterocycles. The Labute approximate surface area is 121 Å². The number of ether oxygens (including phenoxy) is 3. The molecule has 2 aliphatic rings. The van der Waals surface area contributed by atoms with E-state index in [-0.39, 0.29) is 12.0 Å². The van der Waals surface area contributed by atoms with Gasteiger partial charge < -0.3 is 19.3 Å². The van der Waals surface area contributed by atoms with Crippen LogP contribution in [0.5, 0.6) is 5.75 Å². The van der Waals surface area contributed by atoms with Crippen LogP contribution in [-0.2, 0) is 14.3 Å². The molecule has 112 valence electrons. The normalized spacial score (nSPS) is 31.4. The number of benzene rings is 1. The van der Waals surface area contributed by atoms with Crippen molar-refractivity contribution >= 4 is 11.8 Å². The molecule has 1 N–H and O–H groups in total. The number of hydrogen-bond acceptors (Lipinski definition) is 6. The van der Waals surface area contributed by atoms with Crippen molar-refractivity contribution in [2.75, 3.05) is 13.7 Å². The first kappa shape index (κ1) is 14.0. The van der Waals surface area contributed by atoms with E-state index in [0.717, 1.165) is 13.5 Å². The molecule has 1 fully saturated rings. The van der Waals surface area contributed by atoms with E-state index in [2.05, 4.69) is 4.74 Å². The predicted molar refractivity (Wildman–Crippen MR) is 70.9 cm³/mol. The number of methoxy groups -OCH3 is 1. The molecule has 6 heteroatoms. The Bertz CT molecular complexity index is 590. The molecular weight excluding hydrogens is 276 g/mol. The van der Waals surface area contributed by atoms with E-state index in [4.69, 9.17) is 9.47 Å². The predicted octanol–water partition coefficient (Wildman–Crippen LogP) is 1.06. The van der Waals surface area contributed by atoms with Crippen molar-refractivity contribution in [3.63, 3.8) is 0 Å². The summed E-state index contributed by atoms with van der Waals surface area (Å²) in [5.41, 5.74) is -2.35. The number of carbonyl (C=O) groups is 2. The standard InChI is InChI=1S/C15H16O6/c1-19-13(17)15(18)12(16)10-6-2-3-7-11(10)21-14(15)8-4-5-9-20-14/h2-3,6-7,18H,4-5,8-9H2,1H3/t14-,15+/m0/s1. The molecule has 6 nitrogen and oxygen atoms in total. The molecule has 1 aromatic carbocycles. The summed E-state index contributed by atoms with van der Waals surface area (Å²) in [5.74, 6) is -3.23. The van der Waals surface area contributed by atoms with Crippen molar-refractivity contribution in [1.82, 2.24) is 0 Å². The zero-order valence-electron chi connectivity index (χ0n) is 11.6. The van der Waals surface area contributed by atoms with Gasteiger partial charge in [0.05, 0.1) is 19.3 Å². The molecule has 0 radical (unpaired) electrons. The van der Waals surface area contributed by atoms with E-state index in [0.29, 0.717) is 18.8 Å². The van der Waals surface area contributed by atoms with Gasteiger partial charge in [0.1, 0.15) is 5.75 Å². The first-order valence-corrected chi connectivity index (χ1v) is 6.83. The second kappa shape index (κ2) is 4.82. The van der Waals surface area contributed by atoms with Crippen LogP contribution in [0.3, 0.4) is 0 Å². The van der Waals surface area contributed by atoms with Crippen LogP contribution in [-0.4, -0.2) is 42.0 Å². The fourth-order valence-corrected chi connectivity index (χ4v) is 2.89. The van der Waals surface area contributed by atoms with E-state index in [9.17, 15) is 14.7 Å². The van der Waals surface area contributed by atoms with E-state index in [1.54, 1.807) is 18.2 Å². The van der Waals surface area contributed by atoms with Gasteiger partial charge in [-0.2, -0.15) is 0 Å². The van der Waals surface area contributed by atoms with E-state index in [1.165, 1.54) is 6.07 Å². The molecule has 0 saturated carbocycles. The molecule has 0 amide bonds. The third-order valence-corrected chi connectivity index (χ3v) is 4.00. The molecule has 21 heavy (non-hydrogen) atoms. The molecule has 0 unspecified atom stereocenters. The van der Waals surface area contributed by atoms with Crippen molar-refractivity contribution in [3.05, 3.63) is 29.8 Å². The number of carbonyl (C=O) groups excluding carboxylic acids is 2. The van der Waals surface area contributed by atoms with Crippen LogP contribution in [0.4, 0.5) is 0 Å². The van der Waals surface area contributed by atoms with E-state index in [1.807, 2.05) is 0 Å². The van der Waals surface area contributed by atoms with Crippen molar-refractivity contribution in [3.8, 4) is 5.75 Å². The third-order valence-electron chi connectivity index (χ3n) is 4.00. The fourth-order valence-electron chi connectivity index (χ4n) is 2.89. The van der Waals surface area contributed by atoms with Gasteiger partial charge in [0.25, 0.3) is 11.4 Å². The maximum atomic E-state index is 12.7. The van der Waals surface area contributed by atoms with Gasteiger partial charge in [-0.25, -0.2) is 4.79 Å². The number of hydrogen-bond donors (Lipinski definition) is 1. The lowest BCUT2D eigenvalue weighted by Crippen LogP contribution is -2.71.